The van der Waals surface area contributed by atoms with Gasteiger partial charge in [-0.3, -0.25) is 0 Å². The molecule has 0 rings (SSSR count). The van der Waals surface area contributed by atoms with Crippen molar-refractivity contribution in [1.82, 2.24) is 5.32 Å². The quantitative estimate of drug-likeness (QED) is 0.277. The van der Waals surface area contributed by atoms with E-state index in [1.165, 1.54) is 25.8 Å². The first-order valence-corrected chi connectivity index (χ1v) is 6.94. The fourth-order valence-electron chi connectivity index (χ4n) is 1.08. The van der Waals surface area contributed by atoms with E-state index in [2.05, 4.69) is 42.6 Å². The van der Waals surface area contributed by atoms with Gasteiger partial charge in [0.15, 0.2) is 0 Å². The molecular weight excluding hydrogens is 242 g/mol. The van der Waals surface area contributed by atoms with Crippen molar-refractivity contribution in [3.05, 3.63) is 24.8 Å². The van der Waals surface area contributed by atoms with Gasteiger partial charge >= 0.3 is 5.97 Å². The third kappa shape index (κ3) is 22.5. The van der Waals surface area contributed by atoms with Crippen LogP contribution in [0, 0.1) is 0 Å². The van der Waals surface area contributed by atoms with Crippen LogP contribution < -0.4 is 5.32 Å². The molecule has 2 N–H and O–H groups in total. The molecule has 0 aromatic heterocycles. The van der Waals surface area contributed by atoms with Crippen molar-refractivity contribution in [2.75, 3.05) is 26.3 Å². The zero-order chi connectivity index (χ0) is 14.8. The number of ether oxygens (including phenoxy) is 1. The van der Waals surface area contributed by atoms with Crippen molar-refractivity contribution in [3.8, 4) is 0 Å². The molecule has 19 heavy (non-hydrogen) atoms. The summed E-state index contributed by atoms with van der Waals surface area (Å²) in [5.74, 6) is -0.441. The molecule has 0 aliphatic carbocycles. The highest BCUT2D eigenvalue weighted by Gasteiger charge is 1.91. The minimum Gasteiger partial charge on any atom is -0.462 e. The van der Waals surface area contributed by atoms with E-state index in [-0.39, 0.29) is 13.2 Å². The normalized spacial score (nSPS) is 9.84. The van der Waals surface area contributed by atoms with E-state index in [1.54, 1.807) is 0 Å². The number of carbonyl (C=O) groups excluding carboxylic acids is 1. The molecule has 0 saturated heterocycles. The second-order valence-corrected chi connectivity index (χ2v) is 3.91. The second-order valence-electron chi connectivity index (χ2n) is 3.91. The Morgan fingerprint density at radius 3 is 2.63 bits per heavy atom. The Kier molecular flexibility index (Phi) is 20.4. The maximum Gasteiger partial charge on any atom is 0.330 e. The molecule has 0 bridgehead atoms. The minimum atomic E-state index is -0.441. The SMILES string of the molecule is C=CC(=O)OCCCO.CC=CCCNCCCC. The maximum atomic E-state index is 10.3. The number of esters is 1. The topological polar surface area (TPSA) is 58.6 Å². The molecule has 0 radical (unpaired) electrons. The molecule has 0 aliphatic rings. The highest BCUT2D eigenvalue weighted by atomic mass is 16.5. The predicted molar refractivity (Wildman–Crippen MR) is 80.1 cm³/mol. The average molecular weight is 271 g/mol. The maximum absolute atomic E-state index is 10.3. The van der Waals surface area contributed by atoms with E-state index in [1.807, 2.05) is 0 Å². The molecule has 0 unspecified atom stereocenters. The molecule has 0 atom stereocenters. The molecule has 0 aliphatic heterocycles. The first-order chi connectivity index (χ1) is 9.22. The monoisotopic (exact) mass is 271 g/mol. The van der Waals surface area contributed by atoms with Crippen LogP contribution in [0.2, 0.25) is 0 Å². The molecule has 0 saturated carbocycles. The zero-order valence-corrected chi connectivity index (χ0v) is 12.4. The van der Waals surface area contributed by atoms with Gasteiger partial charge in [0.1, 0.15) is 0 Å². The number of unbranched alkanes of at least 4 members (excludes halogenated alkanes) is 1. The lowest BCUT2D eigenvalue weighted by molar-refractivity contribution is -0.137. The highest BCUT2D eigenvalue weighted by Crippen LogP contribution is 1.84. The molecule has 112 valence electrons. The van der Waals surface area contributed by atoms with Gasteiger partial charge in [0.2, 0.25) is 0 Å². The average Bonchev–Trinajstić information content (AvgIpc) is 2.43. The third-order valence-electron chi connectivity index (χ3n) is 2.14. The fraction of sp³-hybridized carbons (Fsp3) is 0.667. The van der Waals surface area contributed by atoms with Gasteiger partial charge in [-0.05, 0) is 32.9 Å². The Labute approximate surface area is 117 Å². The van der Waals surface area contributed by atoms with Gasteiger partial charge in [0.25, 0.3) is 0 Å². The van der Waals surface area contributed by atoms with Crippen molar-refractivity contribution < 1.29 is 14.6 Å². The summed E-state index contributed by atoms with van der Waals surface area (Å²) >= 11 is 0. The lowest BCUT2D eigenvalue weighted by atomic mass is 10.3. The van der Waals surface area contributed by atoms with Crippen LogP contribution in [0.4, 0.5) is 0 Å². The summed E-state index contributed by atoms with van der Waals surface area (Å²) in [5.41, 5.74) is 0. The number of rotatable bonds is 10. The van der Waals surface area contributed by atoms with Crippen LogP contribution in [-0.4, -0.2) is 37.4 Å². The molecule has 0 aromatic carbocycles. The summed E-state index contributed by atoms with van der Waals surface area (Å²) in [5, 5.41) is 11.6. The summed E-state index contributed by atoms with van der Waals surface area (Å²) in [6.07, 6.45) is 9.63. The smallest absolute Gasteiger partial charge is 0.330 e. The van der Waals surface area contributed by atoms with E-state index in [9.17, 15) is 4.79 Å². The number of allylic oxidation sites excluding steroid dienone is 1. The van der Waals surface area contributed by atoms with E-state index in [4.69, 9.17) is 5.11 Å². The summed E-state index contributed by atoms with van der Waals surface area (Å²) in [7, 11) is 0. The summed E-state index contributed by atoms with van der Waals surface area (Å²) in [6.45, 7) is 10.1. The fourth-order valence-corrected chi connectivity index (χ4v) is 1.08. The van der Waals surface area contributed by atoms with Crippen molar-refractivity contribution in [3.63, 3.8) is 0 Å². The number of aliphatic hydroxyl groups is 1. The van der Waals surface area contributed by atoms with Crippen LogP contribution in [0.5, 0.6) is 0 Å². The summed E-state index contributed by atoms with van der Waals surface area (Å²) < 4.78 is 4.51. The van der Waals surface area contributed by atoms with Gasteiger partial charge in [0, 0.05) is 19.1 Å². The zero-order valence-electron chi connectivity index (χ0n) is 12.4. The number of hydrogen-bond acceptors (Lipinski definition) is 4. The van der Waals surface area contributed by atoms with Crippen molar-refractivity contribution in [2.45, 2.75) is 39.5 Å². The van der Waals surface area contributed by atoms with Crippen LogP contribution in [0.25, 0.3) is 0 Å². The van der Waals surface area contributed by atoms with Crippen LogP contribution in [0.15, 0.2) is 24.8 Å². The molecule has 0 spiro atoms. The second kappa shape index (κ2) is 19.2. The van der Waals surface area contributed by atoms with Gasteiger partial charge in [-0.15, -0.1) is 0 Å². The van der Waals surface area contributed by atoms with Gasteiger partial charge in [-0.1, -0.05) is 32.1 Å². The first kappa shape index (κ1) is 20.2. The minimum absolute atomic E-state index is 0.0461. The number of hydrogen-bond donors (Lipinski definition) is 2. The molecule has 0 fully saturated rings. The van der Waals surface area contributed by atoms with Gasteiger partial charge in [-0.25, -0.2) is 4.79 Å². The Morgan fingerprint density at radius 2 is 2.11 bits per heavy atom. The van der Waals surface area contributed by atoms with Gasteiger partial charge in [0.05, 0.1) is 6.61 Å². The van der Waals surface area contributed by atoms with Crippen LogP contribution in [0.1, 0.15) is 39.5 Å². The van der Waals surface area contributed by atoms with Crippen molar-refractivity contribution >= 4 is 5.97 Å². The Morgan fingerprint density at radius 1 is 1.37 bits per heavy atom. The van der Waals surface area contributed by atoms with Crippen LogP contribution in [0.3, 0.4) is 0 Å². The Balaban J connectivity index is 0. The predicted octanol–water partition coefficient (Wildman–Crippen LogP) is 2.44. The lowest BCUT2D eigenvalue weighted by Gasteiger charge is -1.99. The molecule has 0 amide bonds. The Hall–Kier alpha value is -1.13. The summed E-state index contributed by atoms with van der Waals surface area (Å²) in [4.78, 5) is 10.3. The van der Waals surface area contributed by atoms with Gasteiger partial charge in [-0.2, -0.15) is 0 Å². The molecule has 4 nitrogen and oxygen atoms in total. The van der Waals surface area contributed by atoms with E-state index < -0.39 is 5.97 Å². The largest absolute Gasteiger partial charge is 0.462 e. The first-order valence-electron chi connectivity index (χ1n) is 6.94. The number of nitrogens with one attached hydrogen (secondary N) is 1. The number of carbonyl (C=O) groups is 1. The van der Waals surface area contributed by atoms with E-state index in [0.717, 1.165) is 12.6 Å². The van der Waals surface area contributed by atoms with E-state index >= 15 is 0 Å². The summed E-state index contributed by atoms with van der Waals surface area (Å²) in [6, 6.07) is 0. The molecule has 4 heteroatoms. The Bertz CT molecular complexity index is 227. The van der Waals surface area contributed by atoms with Gasteiger partial charge < -0.3 is 15.2 Å². The van der Waals surface area contributed by atoms with Crippen LogP contribution in [-0.2, 0) is 9.53 Å². The third-order valence-corrected chi connectivity index (χ3v) is 2.14. The van der Waals surface area contributed by atoms with E-state index in [0.29, 0.717) is 6.42 Å². The standard InChI is InChI=1S/C9H19N.C6H10O3/c1-3-5-7-9-10-8-6-4-2;1-2-6(8)9-5-3-4-7/h3,5,10H,4,6-9H2,1-2H3;2,7H,1,3-5H2. The van der Waals surface area contributed by atoms with Crippen molar-refractivity contribution in [2.24, 2.45) is 0 Å². The van der Waals surface area contributed by atoms with Crippen LogP contribution >= 0.6 is 0 Å². The number of aliphatic hydroxyl groups excluding tert-OH is 1. The molecule has 0 aromatic rings. The molecular formula is C15H29NO3. The lowest BCUT2D eigenvalue weighted by Crippen LogP contribution is -2.15. The molecule has 0 heterocycles. The van der Waals surface area contributed by atoms with Crippen molar-refractivity contribution in [1.29, 1.82) is 0 Å². The highest BCUT2D eigenvalue weighted by molar-refractivity contribution is 5.81.